The lowest BCUT2D eigenvalue weighted by atomic mass is 10.3. The van der Waals surface area contributed by atoms with E-state index in [4.69, 9.17) is 10.5 Å². The summed E-state index contributed by atoms with van der Waals surface area (Å²) in [5.41, 5.74) is 6.89. The van der Waals surface area contributed by atoms with E-state index in [0.717, 1.165) is 31.7 Å². The minimum Gasteiger partial charge on any atom is -0.481 e. The summed E-state index contributed by atoms with van der Waals surface area (Å²) >= 11 is 0. The lowest BCUT2D eigenvalue weighted by Gasteiger charge is -2.14. The van der Waals surface area contributed by atoms with Gasteiger partial charge in [0.1, 0.15) is 0 Å². The number of nitrogens with two attached hydrogens (primary N) is 1. The smallest absolute Gasteiger partial charge is 0.213 e. The van der Waals surface area contributed by atoms with Crippen LogP contribution in [0.25, 0.3) is 0 Å². The summed E-state index contributed by atoms with van der Waals surface area (Å²) in [7, 11) is 1.64. The van der Waals surface area contributed by atoms with Crippen LogP contribution < -0.4 is 10.5 Å². The van der Waals surface area contributed by atoms with Crippen LogP contribution in [0.5, 0.6) is 5.88 Å². The van der Waals surface area contributed by atoms with Gasteiger partial charge in [-0.3, -0.25) is 4.90 Å². The normalized spacial score (nSPS) is 21.9. The van der Waals surface area contributed by atoms with Crippen molar-refractivity contribution >= 4 is 0 Å². The minimum atomic E-state index is 0.329. The predicted molar refractivity (Wildman–Crippen MR) is 58.7 cm³/mol. The van der Waals surface area contributed by atoms with E-state index in [0.29, 0.717) is 11.9 Å². The zero-order valence-electron chi connectivity index (χ0n) is 9.02. The third kappa shape index (κ3) is 2.67. The SMILES string of the molecule is COc1cccc(CN2CC[C@@H](N)C2)n1. The van der Waals surface area contributed by atoms with Crippen molar-refractivity contribution in [2.24, 2.45) is 5.73 Å². The molecule has 1 aliphatic heterocycles. The van der Waals surface area contributed by atoms with Gasteiger partial charge in [-0.05, 0) is 12.5 Å². The van der Waals surface area contributed by atoms with Gasteiger partial charge < -0.3 is 10.5 Å². The van der Waals surface area contributed by atoms with Crippen molar-refractivity contribution in [3.05, 3.63) is 23.9 Å². The molecule has 0 saturated carbocycles. The number of pyridine rings is 1. The predicted octanol–water partition coefficient (Wildman–Crippen LogP) is 0.623. The molecule has 2 rings (SSSR count). The zero-order chi connectivity index (χ0) is 10.7. The van der Waals surface area contributed by atoms with E-state index >= 15 is 0 Å². The molecule has 0 aromatic carbocycles. The molecule has 4 heteroatoms. The summed E-state index contributed by atoms with van der Waals surface area (Å²) in [4.78, 5) is 6.70. The quantitative estimate of drug-likeness (QED) is 0.789. The van der Waals surface area contributed by atoms with Crippen LogP contribution in [0.4, 0.5) is 0 Å². The number of ether oxygens (including phenoxy) is 1. The molecule has 0 spiro atoms. The third-order valence-corrected chi connectivity index (χ3v) is 2.68. The summed E-state index contributed by atoms with van der Waals surface area (Å²) < 4.78 is 5.09. The molecule has 82 valence electrons. The Morgan fingerprint density at radius 2 is 2.47 bits per heavy atom. The molecule has 1 aromatic rings. The van der Waals surface area contributed by atoms with Gasteiger partial charge in [0, 0.05) is 31.7 Å². The average Bonchev–Trinajstić information content (AvgIpc) is 2.64. The molecular formula is C11H17N3O. The number of hydrogen-bond donors (Lipinski definition) is 1. The monoisotopic (exact) mass is 207 g/mol. The molecule has 2 heterocycles. The maximum absolute atomic E-state index is 5.85. The Morgan fingerprint density at radius 3 is 3.13 bits per heavy atom. The third-order valence-electron chi connectivity index (χ3n) is 2.68. The van der Waals surface area contributed by atoms with Gasteiger partial charge in [0.25, 0.3) is 0 Å². The summed E-state index contributed by atoms with van der Waals surface area (Å²) in [6.07, 6.45) is 1.09. The van der Waals surface area contributed by atoms with E-state index in [9.17, 15) is 0 Å². The molecular weight excluding hydrogens is 190 g/mol. The molecule has 1 saturated heterocycles. The molecule has 1 atom stereocenters. The second-order valence-corrected chi connectivity index (χ2v) is 3.96. The van der Waals surface area contributed by atoms with Gasteiger partial charge >= 0.3 is 0 Å². The average molecular weight is 207 g/mol. The van der Waals surface area contributed by atoms with E-state index in [-0.39, 0.29) is 0 Å². The van der Waals surface area contributed by atoms with Crippen LogP contribution in [0.15, 0.2) is 18.2 Å². The van der Waals surface area contributed by atoms with Crippen molar-refractivity contribution < 1.29 is 4.74 Å². The Kier molecular flexibility index (Phi) is 3.18. The van der Waals surface area contributed by atoms with Crippen LogP contribution >= 0.6 is 0 Å². The topological polar surface area (TPSA) is 51.4 Å². The number of aromatic nitrogens is 1. The number of nitrogens with zero attached hydrogens (tertiary/aromatic N) is 2. The molecule has 1 aliphatic rings. The highest BCUT2D eigenvalue weighted by Gasteiger charge is 2.19. The van der Waals surface area contributed by atoms with Crippen LogP contribution in [0.2, 0.25) is 0 Å². The van der Waals surface area contributed by atoms with Crippen molar-refractivity contribution in [2.45, 2.75) is 19.0 Å². The maximum atomic E-state index is 5.85. The lowest BCUT2D eigenvalue weighted by molar-refractivity contribution is 0.319. The van der Waals surface area contributed by atoms with E-state index in [1.165, 1.54) is 0 Å². The van der Waals surface area contributed by atoms with Crippen LogP contribution in [-0.2, 0) is 6.54 Å². The van der Waals surface area contributed by atoms with Gasteiger partial charge in [-0.15, -0.1) is 0 Å². The number of methoxy groups -OCH3 is 1. The fourth-order valence-electron chi connectivity index (χ4n) is 1.89. The minimum absolute atomic E-state index is 0.329. The molecule has 0 aliphatic carbocycles. The summed E-state index contributed by atoms with van der Waals surface area (Å²) in [5.74, 6) is 0.677. The molecule has 15 heavy (non-hydrogen) atoms. The Hall–Kier alpha value is -1.13. The van der Waals surface area contributed by atoms with Crippen LogP contribution in [-0.4, -0.2) is 36.1 Å². The maximum Gasteiger partial charge on any atom is 0.213 e. The van der Waals surface area contributed by atoms with Crippen LogP contribution in [0.1, 0.15) is 12.1 Å². The molecule has 0 radical (unpaired) electrons. The van der Waals surface area contributed by atoms with Gasteiger partial charge in [-0.2, -0.15) is 0 Å². The van der Waals surface area contributed by atoms with Crippen molar-refractivity contribution in [2.75, 3.05) is 20.2 Å². The molecule has 0 amide bonds. The zero-order valence-corrected chi connectivity index (χ0v) is 9.02. The van der Waals surface area contributed by atoms with Gasteiger partial charge in [0.15, 0.2) is 0 Å². The Labute approximate surface area is 90.0 Å². The standard InChI is InChI=1S/C11H17N3O/c1-15-11-4-2-3-10(13-11)8-14-6-5-9(12)7-14/h2-4,9H,5-8,12H2,1H3/t9-/m1/s1. The van der Waals surface area contributed by atoms with Gasteiger partial charge in [-0.25, -0.2) is 4.98 Å². The Bertz CT molecular complexity index is 329. The highest BCUT2D eigenvalue weighted by atomic mass is 16.5. The molecule has 0 unspecified atom stereocenters. The van der Waals surface area contributed by atoms with Crippen molar-refractivity contribution in [3.63, 3.8) is 0 Å². The van der Waals surface area contributed by atoms with Gasteiger partial charge in [0.05, 0.1) is 12.8 Å². The first-order chi connectivity index (χ1) is 7.28. The second kappa shape index (κ2) is 4.59. The fourth-order valence-corrected chi connectivity index (χ4v) is 1.89. The molecule has 2 N–H and O–H groups in total. The fraction of sp³-hybridized carbons (Fsp3) is 0.545. The largest absolute Gasteiger partial charge is 0.481 e. The lowest BCUT2D eigenvalue weighted by Crippen LogP contribution is -2.26. The first-order valence-electron chi connectivity index (χ1n) is 5.26. The second-order valence-electron chi connectivity index (χ2n) is 3.96. The Morgan fingerprint density at radius 1 is 1.60 bits per heavy atom. The van der Waals surface area contributed by atoms with E-state index < -0.39 is 0 Å². The van der Waals surface area contributed by atoms with Crippen LogP contribution in [0.3, 0.4) is 0 Å². The number of rotatable bonds is 3. The van der Waals surface area contributed by atoms with Crippen molar-refractivity contribution in [1.82, 2.24) is 9.88 Å². The number of hydrogen-bond acceptors (Lipinski definition) is 4. The first-order valence-corrected chi connectivity index (χ1v) is 5.26. The van der Waals surface area contributed by atoms with E-state index in [1.54, 1.807) is 7.11 Å². The van der Waals surface area contributed by atoms with Gasteiger partial charge in [-0.1, -0.05) is 6.07 Å². The molecule has 1 fully saturated rings. The molecule has 1 aromatic heterocycles. The van der Waals surface area contributed by atoms with Crippen molar-refractivity contribution in [1.29, 1.82) is 0 Å². The molecule has 0 bridgehead atoms. The van der Waals surface area contributed by atoms with E-state index in [1.807, 2.05) is 18.2 Å². The summed E-state index contributed by atoms with van der Waals surface area (Å²) in [6.45, 7) is 2.91. The highest BCUT2D eigenvalue weighted by Crippen LogP contribution is 2.13. The number of likely N-dealkylation sites (tertiary alicyclic amines) is 1. The van der Waals surface area contributed by atoms with Crippen molar-refractivity contribution in [3.8, 4) is 5.88 Å². The van der Waals surface area contributed by atoms with Crippen LogP contribution in [0, 0.1) is 0 Å². The first kappa shape index (κ1) is 10.4. The summed E-state index contributed by atoms with van der Waals surface area (Å²) in [6, 6.07) is 6.18. The highest BCUT2D eigenvalue weighted by molar-refractivity contribution is 5.15. The summed E-state index contributed by atoms with van der Waals surface area (Å²) in [5, 5.41) is 0. The molecule has 4 nitrogen and oxygen atoms in total. The van der Waals surface area contributed by atoms with Gasteiger partial charge in [0.2, 0.25) is 5.88 Å². The van der Waals surface area contributed by atoms with E-state index in [2.05, 4.69) is 9.88 Å². The Balaban J connectivity index is 1.98.